The third-order valence-electron chi connectivity index (χ3n) is 3.98. The molecule has 0 atom stereocenters. The number of aliphatic imine (C=N–C) groups is 1. The molecule has 1 aromatic carbocycles. The van der Waals surface area contributed by atoms with Gasteiger partial charge in [0.1, 0.15) is 5.82 Å². The maximum atomic E-state index is 12.2. The molecule has 0 fully saturated rings. The predicted molar refractivity (Wildman–Crippen MR) is 106 cm³/mol. The first-order chi connectivity index (χ1) is 13.2. The van der Waals surface area contributed by atoms with Gasteiger partial charge in [-0.05, 0) is 17.7 Å². The topological polar surface area (TPSA) is 70.4 Å². The summed E-state index contributed by atoms with van der Waals surface area (Å²) in [7, 11) is 0. The Morgan fingerprint density at radius 3 is 2.89 bits per heavy atom. The van der Waals surface area contributed by atoms with Crippen molar-refractivity contribution in [3.8, 4) is 35.8 Å². The van der Waals surface area contributed by atoms with Crippen LogP contribution >= 0.6 is 0 Å². The van der Waals surface area contributed by atoms with Crippen molar-refractivity contribution in [3.63, 3.8) is 0 Å². The summed E-state index contributed by atoms with van der Waals surface area (Å²) in [6.45, 7) is 0.187. The van der Waals surface area contributed by atoms with E-state index in [1.165, 1.54) is 0 Å². The highest BCUT2D eigenvalue weighted by Crippen LogP contribution is 2.30. The van der Waals surface area contributed by atoms with Gasteiger partial charge in [-0.15, -0.1) is 12.8 Å². The SMILES string of the molecule is C#CCNC(=O)c1ccccc1CC=Nc1[nH]cc(-c2ccoc2)c1C#C. The lowest BCUT2D eigenvalue weighted by Gasteiger charge is -2.06. The van der Waals surface area contributed by atoms with Gasteiger partial charge in [0.15, 0.2) is 0 Å². The number of furan rings is 1. The fourth-order valence-corrected chi connectivity index (χ4v) is 2.69. The lowest BCUT2D eigenvalue weighted by atomic mass is 10.0. The number of rotatable bonds is 6. The van der Waals surface area contributed by atoms with Crippen molar-refractivity contribution in [1.29, 1.82) is 0 Å². The van der Waals surface area contributed by atoms with Crippen LogP contribution in [0.2, 0.25) is 0 Å². The number of hydrogen-bond acceptors (Lipinski definition) is 3. The van der Waals surface area contributed by atoms with Gasteiger partial charge in [-0.25, -0.2) is 4.99 Å². The van der Waals surface area contributed by atoms with E-state index in [0.717, 1.165) is 16.7 Å². The second-order valence-electron chi connectivity index (χ2n) is 5.64. The predicted octanol–water partition coefficient (Wildman–Crippen LogP) is 3.56. The van der Waals surface area contributed by atoms with Crippen LogP contribution in [0.25, 0.3) is 11.1 Å². The van der Waals surface area contributed by atoms with E-state index in [9.17, 15) is 4.79 Å². The second kappa shape index (κ2) is 8.42. The number of carbonyl (C=O) groups is 1. The number of carbonyl (C=O) groups excluding carboxylic acids is 1. The average molecular weight is 355 g/mol. The largest absolute Gasteiger partial charge is 0.472 e. The first-order valence-electron chi connectivity index (χ1n) is 8.27. The summed E-state index contributed by atoms with van der Waals surface area (Å²) >= 11 is 0. The van der Waals surface area contributed by atoms with E-state index in [1.807, 2.05) is 24.3 Å². The highest BCUT2D eigenvalue weighted by atomic mass is 16.3. The van der Waals surface area contributed by atoms with Gasteiger partial charge >= 0.3 is 0 Å². The molecular formula is C22H17N3O2. The molecule has 0 aliphatic carbocycles. The second-order valence-corrected chi connectivity index (χ2v) is 5.64. The molecule has 27 heavy (non-hydrogen) atoms. The highest BCUT2D eigenvalue weighted by molar-refractivity contribution is 5.96. The van der Waals surface area contributed by atoms with Crippen LogP contribution in [-0.2, 0) is 6.42 Å². The maximum absolute atomic E-state index is 12.2. The van der Waals surface area contributed by atoms with Crippen molar-refractivity contribution >= 4 is 17.9 Å². The molecular weight excluding hydrogens is 338 g/mol. The van der Waals surface area contributed by atoms with Gasteiger partial charge in [-0.1, -0.05) is 30.0 Å². The van der Waals surface area contributed by atoms with E-state index in [0.29, 0.717) is 23.4 Å². The van der Waals surface area contributed by atoms with Crippen molar-refractivity contribution in [2.45, 2.75) is 6.42 Å². The Balaban J connectivity index is 1.79. The smallest absolute Gasteiger partial charge is 0.252 e. The van der Waals surface area contributed by atoms with E-state index in [1.54, 1.807) is 31.0 Å². The molecule has 0 spiro atoms. The van der Waals surface area contributed by atoms with Gasteiger partial charge < -0.3 is 14.7 Å². The van der Waals surface area contributed by atoms with Crippen LogP contribution in [0.3, 0.4) is 0 Å². The Bertz CT molecular complexity index is 1040. The number of terminal acetylenes is 2. The van der Waals surface area contributed by atoms with Crippen molar-refractivity contribution < 1.29 is 9.21 Å². The molecule has 132 valence electrons. The Morgan fingerprint density at radius 2 is 2.15 bits per heavy atom. The zero-order valence-electron chi connectivity index (χ0n) is 14.5. The summed E-state index contributed by atoms with van der Waals surface area (Å²) in [4.78, 5) is 19.7. The third-order valence-corrected chi connectivity index (χ3v) is 3.98. The minimum absolute atomic E-state index is 0.187. The Kier molecular flexibility index (Phi) is 5.57. The lowest BCUT2D eigenvalue weighted by Crippen LogP contribution is -2.24. The molecule has 0 bridgehead atoms. The van der Waals surface area contributed by atoms with E-state index >= 15 is 0 Å². The molecule has 0 unspecified atom stereocenters. The highest BCUT2D eigenvalue weighted by Gasteiger charge is 2.12. The molecule has 0 aliphatic rings. The molecule has 3 rings (SSSR count). The summed E-state index contributed by atoms with van der Waals surface area (Å²) < 4.78 is 5.11. The standard InChI is InChI=1S/C22H17N3O2/c1-3-11-24-22(26)19-8-6-5-7-16(19)9-12-23-21-18(4-2)20(14-25-21)17-10-13-27-15-17/h1-2,5-8,10,12-15,25H,9,11H2,(H,24,26). The number of nitrogens with zero attached hydrogens (tertiary/aromatic N) is 1. The number of aromatic nitrogens is 1. The van der Waals surface area contributed by atoms with Gasteiger partial charge in [-0.2, -0.15) is 0 Å². The maximum Gasteiger partial charge on any atom is 0.252 e. The van der Waals surface area contributed by atoms with Crippen LogP contribution < -0.4 is 5.32 Å². The molecule has 1 amide bonds. The van der Waals surface area contributed by atoms with Crippen molar-refractivity contribution in [1.82, 2.24) is 10.3 Å². The van der Waals surface area contributed by atoms with Gasteiger partial charge in [0, 0.05) is 35.5 Å². The third kappa shape index (κ3) is 4.00. The molecule has 5 heteroatoms. The fourth-order valence-electron chi connectivity index (χ4n) is 2.69. The van der Waals surface area contributed by atoms with Crippen molar-refractivity contribution in [3.05, 3.63) is 65.7 Å². The number of H-pyrrole nitrogens is 1. The van der Waals surface area contributed by atoms with Crippen molar-refractivity contribution in [2.75, 3.05) is 6.54 Å². The van der Waals surface area contributed by atoms with Gasteiger partial charge in [0.25, 0.3) is 5.91 Å². The minimum Gasteiger partial charge on any atom is -0.472 e. The van der Waals surface area contributed by atoms with E-state index in [2.05, 4.69) is 27.1 Å². The Labute approximate surface area is 157 Å². The molecule has 0 aliphatic heterocycles. The zero-order chi connectivity index (χ0) is 19.1. The summed E-state index contributed by atoms with van der Waals surface area (Å²) in [6.07, 6.45) is 18.1. The van der Waals surface area contributed by atoms with Crippen LogP contribution in [0.1, 0.15) is 21.5 Å². The minimum atomic E-state index is -0.205. The Hall–Kier alpha value is -3.96. The first-order valence-corrected chi connectivity index (χ1v) is 8.27. The molecule has 0 radical (unpaired) electrons. The van der Waals surface area contributed by atoms with Gasteiger partial charge in [0.2, 0.25) is 0 Å². The summed E-state index contributed by atoms with van der Waals surface area (Å²) in [5.74, 6) is 5.44. The van der Waals surface area contributed by atoms with Crippen LogP contribution in [-0.4, -0.2) is 23.7 Å². The average Bonchev–Trinajstić information content (AvgIpc) is 3.35. The number of amides is 1. The lowest BCUT2D eigenvalue weighted by molar-refractivity contribution is 0.0958. The van der Waals surface area contributed by atoms with E-state index in [-0.39, 0.29) is 12.5 Å². The quantitative estimate of drug-likeness (QED) is 0.524. The number of hydrogen-bond donors (Lipinski definition) is 2. The van der Waals surface area contributed by atoms with Gasteiger partial charge in [0.05, 0.1) is 24.6 Å². The molecule has 2 heterocycles. The number of nitrogens with one attached hydrogen (secondary N) is 2. The monoisotopic (exact) mass is 355 g/mol. The van der Waals surface area contributed by atoms with Gasteiger partial charge in [-0.3, -0.25) is 4.79 Å². The van der Waals surface area contributed by atoms with E-state index in [4.69, 9.17) is 17.3 Å². The molecule has 5 nitrogen and oxygen atoms in total. The molecule has 0 saturated heterocycles. The van der Waals surface area contributed by atoms with Crippen molar-refractivity contribution in [2.24, 2.45) is 4.99 Å². The summed E-state index contributed by atoms with van der Waals surface area (Å²) in [5, 5.41) is 2.67. The fraction of sp³-hybridized carbons (Fsp3) is 0.0909. The first kappa shape index (κ1) is 17.8. The van der Waals surface area contributed by atoms with Crippen LogP contribution in [0.5, 0.6) is 0 Å². The van der Waals surface area contributed by atoms with E-state index < -0.39 is 0 Å². The molecule has 2 N–H and O–H groups in total. The molecule has 0 saturated carbocycles. The zero-order valence-corrected chi connectivity index (χ0v) is 14.5. The van der Waals surface area contributed by atoms with Crippen LogP contribution in [0.15, 0.2) is 58.5 Å². The Morgan fingerprint density at radius 1 is 1.30 bits per heavy atom. The molecule has 2 aromatic heterocycles. The summed E-state index contributed by atoms with van der Waals surface area (Å²) in [6, 6.07) is 9.16. The molecule has 3 aromatic rings. The van der Waals surface area contributed by atoms with Crippen LogP contribution in [0.4, 0.5) is 5.82 Å². The normalized spacial score (nSPS) is 10.4. The van der Waals surface area contributed by atoms with Crippen LogP contribution in [0, 0.1) is 24.7 Å². The summed E-state index contributed by atoms with van der Waals surface area (Å²) in [5.41, 5.74) is 3.82. The number of aromatic amines is 1. The number of benzene rings is 1.